The Morgan fingerprint density at radius 1 is 1.22 bits per heavy atom. The molecule has 0 amide bonds. The van der Waals surface area contributed by atoms with Gasteiger partial charge < -0.3 is 9.72 Å². The van der Waals surface area contributed by atoms with Gasteiger partial charge in [-0.05, 0) is 43.5 Å². The third-order valence-electron chi connectivity index (χ3n) is 5.19. The van der Waals surface area contributed by atoms with Crippen LogP contribution in [0.4, 0.5) is 0 Å². The topological polar surface area (TPSA) is 72.0 Å². The number of carbonyl (C=O) groups is 1. The fraction of sp³-hybridized carbons (Fsp3) is 0.476. The van der Waals surface area contributed by atoms with E-state index in [4.69, 9.17) is 4.74 Å². The van der Waals surface area contributed by atoms with E-state index in [-0.39, 0.29) is 17.1 Å². The summed E-state index contributed by atoms with van der Waals surface area (Å²) in [6, 6.07) is 7.04. The van der Waals surface area contributed by atoms with Crippen molar-refractivity contribution in [3.05, 3.63) is 51.4 Å². The lowest BCUT2D eigenvalue weighted by Crippen LogP contribution is -2.19. The molecular weight excluding hydrogens is 360 g/mol. The van der Waals surface area contributed by atoms with Gasteiger partial charge in [0.15, 0.2) is 10.9 Å². The molecule has 0 spiro atoms. The average Bonchev–Trinajstić information content (AvgIpc) is 2.70. The monoisotopic (exact) mass is 386 g/mol. The van der Waals surface area contributed by atoms with E-state index < -0.39 is 0 Å². The normalized spacial score (nSPS) is 14.9. The Bertz CT molecular complexity index is 839. The first kappa shape index (κ1) is 19.7. The van der Waals surface area contributed by atoms with Gasteiger partial charge in [0.25, 0.3) is 5.56 Å². The van der Waals surface area contributed by atoms with Crippen LogP contribution in [0.1, 0.15) is 53.7 Å². The lowest BCUT2D eigenvalue weighted by atomic mass is 9.85. The van der Waals surface area contributed by atoms with E-state index in [9.17, 15) is 9.59 Å². The number of carbonyl (C=O) groups excluding carboxylic acids is 1. The number of nitrogens with one attached hydrogen (secondary N) is 1. The zero-order valence-electron chi connectivity index (χ0n) is 15.9. The molecule has 1 N–H and O–H groups in total. The van der Waals surface area contributed by atoms with Crippen LogP contribution in [0.3, 0.4) is 0 Å². The first-order valence-corrected chi connectivity index (χ1v) is 10.4. The molecule has 6 heteroatoms. The third kappa shape index (κ3) is 5.22. The highest BCUT2D eigenvalue weighted by Gasteiger charge is 2.18. The quantitative estimate of drug-likeness (QED) is 0.439. The van der Waals surface area contributed by atoms with Crippen LogP contribution in [0.2, 0.25) is 0 Å². The highest BCUT2D eigenvalue weighted by Crippen LogP contribution is 2.27. The molecule has 1 aliphatic carbocycles. The maximum absolute atomic E-state index is 12.4. The number of aromatic nitrogens is 2. The summed E-state index contributed by atoms with van der Waals surface area (Å²) >= 11 is 1.28. The van der Waals surface area contributed by atoms with E-state index in [1.807, 2.05) is 6.92 Å². The van der Waals surface area contributed by atoms with Crippen LogP contribution >= 0.6 is 11.8 Å². The lowest BCUT2D eigenvalue weighted by molar-refractivity contribution is 0.102. The molecule has 0 bridgehead atoms. The van der Waals surface area contributed by atoms with Gasteiger partial charge in [-0.25, -0.2) is 4.98 Å². The van der Waals surface area contributed by atoms with Gasteiger partial charge in [0.1, 0.15) is 5.75 Å². The fourth-order valence-corrected chi connectivity index (χ4v) is 4.26. The predicted octanol–water partition coefficient (Wildman–Crippen LogP) is 4.18. The zero-order chi connectivity index (χ0) is 19.2. The van der Waals surface area contributed by atoms with Crippen molar-refractivity contribution in [3.63, 3.8) is 0 Å². The molecule has 1 saturated carbocycles. The third-order valence-corrected chi connectivity index (χ3v) is 6.06. The summed E-state index contributed by atoms with van der Waals surface area (Å²) in [5.41, 5.74) is 2.10. The van der Waals surface area contributed by atoms with Crippen LogP contribution in [0, 0.1) is 12.8 Å². The first-order chi connectivity index (χ1) is 13.1. The van der Waals surface area contributed by atoms with Gasteiger partial charge in [0.2, 0.25) is 0 Å². The van der Waals surface area contributed by atoms with E-state index in [0.29, 0.717) is 22.2 Å². The molecule has 0 radical (unpaired) electrons. The standard InChI is InChI=1S/C21H26N2O3S/c1-14-18(12-15-6-4-3-5-7-15)22-21(23-20(14)25)27-13-19(24)16-8-10-17(26-2)11-9-16/h8-11,15H,3-7,12-13H2,1-2H3,(H,22,23,25). The number of Topliss-reactive ketones (excluding diaryl/α,β-unsaturated/α-hetero) is 1. The second kappa shape index (κ2) is 9.22. The fourth-order valence-electron chi connectivity index (χ4n) is 3.48. The van der Waals surface area contributed by atoms with Crippen molar-refractivity contribution in [3.8, 4) is 5.75 Å². The summed E-state index contributed by atoms with van der Waals surface area (Å²) in [6.45, 7) is 1.83. The highest BCUT2D eigenvalue weighted by atomic mass is 32.2. The Labute approximate surface area is 163 Å². The van der Waals surface area contributed by atoms with E-state index in [1.165, 1.54) is 43.9 Å². The van der Waals surface area contributed by atoms with Crippen LogP contribution < -0.4 is 10.3 Å². The number of hydrogen-bond donors (Lipinski definition) is 1. The molecule has 5 nitrogen and oxygen atoms in total. The van der Waals surface area contributed by atoms with Crippen molar-refractivity contribution in [1.82, 2.24) is 9.97 Å². The summed E-state index contributed by atoms with van der Waals surface area (Å²) < 4.78 is 5.11. The molecule has 0 atom stereocenters. The number of H-pyrrole nitrogens is 1. The molecule has 0 unspecified atom stereocenters. The number of thioether (sulfide) groups is 1. The molecule has 1 aromatic heterocycles. The smallest absolute Gasteiger partial charge is 0.254 e. The van der Waals surface area contributed by atoms with Gasteiger partial charge in [0.05, 0.1) is 18.6 Å². The highest BCUT2D eigenvalue weighted by molar-refractivity contribution is 7.99. The number of methoxy groups -OCH3 is 1. The molecule has 27 heavy (non-hydrogen) atoms. The van der Waals surface area contributed by atoms with Gasteiger partial charge >= 0.3 is 0 Å². The molecule has 2 aromatic rings. The predicted molar refractivity (Wildman–Crippen MR) is 108 cm³/mol. The second-order valence-electron chi connectivity index (χ2n) is 7.09. The molecule has 3 rings (SSSR count). The van der Waals surface area contributed by atoms with Crippen molar-refractivity contribution in [2.24, 2.45) is 5.92 Å². The summed E-state index contributed by atoms with van der Waals surface area (Å²) in [4.78, 5) is 32.1. The zero-order valence-corrected chi connectivity index (χ0v) is 16.7. The van der Waals surface area contributed by atoms with Crippen LogP contribution in [0.5, 0.6) is 5.75 Å². The molecule has 1 heterocycles. The number of hydrogen-bond acceptors (Lipinski definition) is 5. The van der Waals surface area contributed by atoms with Crippen molar-refractivity contribution >= 4 is 17.5 Å². The lowest BCUT2D eigenvalue weighted by Gasteiger charge is -2.21. The van der Waals surface area contributed by atoms with Crippen molar-refractivity contribution in [2.75, 3.05) is 12.9 Å². The number of rotatable bonds is 7. The number of benzene rings is 1. The SMILES string of the molecule is COc1ccc(C(=O)CSc2nc(CC3CCCCC3)c(C)c(=O)[nH]2)cc1. The molecule has 1 fully saturated rings. The first-order valence-electron chi connectivity index (χ1n) is 9.46. The maximum atomic E-state index is 12.4. The number of aromatic amines is 1. The largest absolute Gasteiger partial charge is 0.497 e. The molecule has 1 aromatic carbocycles. The second-order valence-corrected chi connectivity index (χ2v) is 8.06. The Morgan fingerprint density at radius 3 is 2.59 bits per heavy atom. The van der Waals surface area contributed by atoms with E-state index in [1.54, 1.807) is 31.4 Å². The van der Waals surface area contributed by atoms with Crippen LogP contribution in [-0.2, 0) is 6.42 Å². The summed E-state index contributed by atoms with van der Waals surface area (Å²) in [5.74, 6) is 1.57. The minimum Gasteiger partial charge on any atom is -0.497 e. The number of ether oxygens (including phenoxy) is 1. The molecular formula is C21H26N2O3S. The molecule has 0 saturated heterocycles. The van der Waals surface area contributed by atoms with Crippen molar-refractivity contribution in [2.45, 2.75) is 50.6 Å². The van der Waals surface area contributed by atoms with Gasteiger partial charge in [-0.1, -0.05) is 43.9 Å². The maximum Gasteiger partial charge on any atom is 0.254 e. The Kier molecular flexibility index (Phi) is 6.72. The van der Waals surface area contributed by atoms with Gasteiger partial charge in [-0.2, -0.15) is 0 Å². The van der Waals surface area contributed by atoms with Crippen molar-refractivity contribution in [1.29, 1.82) is 0 Å². The van der Waals surface area contributed by atoms with Gasteiger partial charge in [0, 0.05) is 11.1 Å². The van der Waals surface area contributed by atoms with E-state index >= 15 is 0 Å². The Hall–Kier alpha value is -2.08. The average molecular weight is 387 g/mol. The van der Waals surface area contributed by atoms with Crippen LogP contribution in [0.25, 0.3) is 0 Å². The Balaban J connectivity index is 1.66. The minimum atomic E-state index is -0.102. The molecule has 144 valence electrons. The van der Waals surface area contributed by atoms with E-state index in [0.717, 1.165) is 17.9 Å². The minimum absolute atomic E-state index is 0.000271. The summed E-state index contributed by atoms with van der Waals surface area (Å²) in [7, 11) is 1.59. The number of nitrogens with zero attached hydrogens (tertiary/aromatic N) is 1. The van der Waals surface area contributed by atoms with Crippen LogP contribution in [0.15, 0.2) is 34.2 Å². The Morgan fingerprint density at radius 2 is 1.93 bits per heavy atom. The summed E-state index contributed by atoms with van der Waals surface area (Å²) in [5, 5.41) is 0.526. The van der Waals surface area contributed by atoms with Crippen molar-refractivity contribution < 1.29 is 9.53 Å². The van der Waals surface area contributed by atoms with Gasteiger partial charge in [-0.3, -0.25) is 9.59 Å². The summed E-state index contributed by atoms with van der Waals surface area (Å²) in [6.07, 6.45) is 7.14. The number of ketones is 1. The van der Waals surface area contributed by atoms with Gasteiger partial charge in [-0.15, -0.1) is 0 Å². The van der Waals surface area contributed by atoms with Crippen LogP contribution in [-0.4, -0.2) is 28.6 Å². The van der Waals surface area contributed by atoms with E-state index in [2.05, 4.69) is 9.97 Å². The molecule has 1 aliphatic rings. The molecule has 0 aliphatic heterocycles.